The molecule has 0 aromatic carbocycles. The molecular weight excluding hydrogens is 156 g/mol. The molecule has 12 heavy (non-hydrogen) atoms. The van der Waals surface area contributed by atoms with E-state index >= 15 is 0 Å². The van der Waals surface area contributed by atoms with Gasteiger partial charge in [-0.1, -0.05) is 0 Å². The Morgan fingerprint density at radius 2 is 2.33 bits per heavy atom. The molecule has 2 rings (SSSR count). The van der Waals surface area contributed by atoms with Gasteiger partial charge in [0.2, 0.25) is 0 Å². The highest BCUT2D eigenvalue weighted by molar-refractivity contribution is 4.90. The van der Waals surface area contributed by atoms with Crippen molar-refractivity contribution < 1.29 is 9.47 Å². The summed E-state index contributed by atoms with van der Waals surface area (Å²) in [6.07, 6.45) is 0.181. The highest BCUT2D eigenvalue weighted by atomic mass is 16.6. The van der Waals surface area contributed by atoms with Gasteiger partial charge in [-0.15, -0.1) is 0 Å². The molecule has 4 nitrogen and oxygen atoms in total. The average Bonchev–Trinajstić information content (AvgIpc) is 2.89. The summed E-state index contributed by atoms with van der Waals surface area (Å²) in [5, 5.41) is 8.63. The topological polar surface area (TPSA) is 48.8 Å². The number of hydrogen-bond donors (Lipinski definition) is 0. The van der Waals surface area contributed by atoms with Crippen LogP contribution >= 0.6 is 0 Å². The maximum Gasteiger partial charge on any atom is 0.156 e. The Kier molecular flexibility index (Phi) is 2.26. The fraction of sp³-hybridized carbons (Fsp3) is 0.875. The zero-order valence-electron chi connectivity index (χ0n) is 6.90. The van der Waals surface area contributed by atoms with Crippen molar-refractivity contribution in [1.82, 2.24) is 4.90 Å². The van der Waals surface area contributed by atoms with E-state index in [1.165, 1.54) is 0 Å². The van der Waals surface area contributed by atoms with Gasteiger partial charge in [0.15, 0.2) is 6.10 Å². The van der Waals surface area contributed by atoms with Crippen molar-refractivity contribution in [3.05, 3.63) is 0 Å². The lowest BCUT2D eigenvalue weighted by Gasteiger charge is -2.28. The van der Waals surface area contributed by atoms with E-state index < -0.39 is 0 Å². The largest absolute Gasteiger partial charge is 0.372 e. The van der Waals surface area contributed by atoms with Gasteiger partial charge < -0.3 is 9.47 Å². The monoisotopic (exact) mass is 168 g/mol. The molecule has 2 saturated heterocycles. The van der Waals surface area contributed by atoms with Gasteiger partial charge in [0.05, 0.1) is 25.4 Å². The van der Waals surface area contributed by atoms with Gasteiger partial charge in [-0.05, 0) is 0 Å². The normalized spacial score (nSPS) is 35.9. The number of epoxide rings is 1. The average molecular weight is 168 g/mol. The molecule has 4 heteroatoms. The van der Waals surface area contributed by atoms with Gasteiger partial charge >= 0.3 is 0 Å². The van der Waals surface area contributed by atoms with E-state index in [0.717, 1.165) is 26.2 Å². The van der Waals surface area contributed by atoms with Gasteiger partial charge in [0.25, 0.3) is 0 Å². The third-order valence-corrected chi connectivity index (χ3v) is 2.16. The van der Waals surface area contributed by atoms with Crippen LogP contribution in [0.1, 0.15) is 0 Å². The predicted molar refractivity (Wildman–Crippen MR) is 41.5 cm³/mol. The van der Waals surface area contributed by atoms with Crippen LogP contribution in [0.2, 0.25) is 0 Å². The molecule has 0 amide bonds. The highest BCUT2D eigenvalue weighted by Gasteiger charge is 2.28. The first kappa shape index (κ1) is 7.99. The Bertz CT molecular complexity index is 198. The molecule has 0 aromatic rings. The molecule has 2 heterocycles. The Morgan fingerprint density at radius 1 is 1.50 bits per heavy atom. The molecule has 0 spiro atoms. The smallest absolute Gasteiger partial charge is 0.156 e. The molecule has 66 valence electrons. The van der Waals surface area contributed by atoms with Crippen molar-refractivity contribution in [2.75, 3.05) is 32.8 Å². The Labute approximate surface area is 71.7 Å². The standard InChI is InChI=1S/C8H12N2O2/c9-3-7-4-10(1-2-11-7)5-8-6-12-8/h7-8H,1-2,4-6H2. The second-order valence-electron chi connectivity index (χ2n) is 3.20. The second kappa shape index (κ2) is 3.40. The summed E-state index contributed by atoms with van der Waals surface area (Å²) in [4.78, 5) is 2.23. The van der Waals surface area contributed by atoms with Crippen molar-refractivity contribution >= 4 is 0 Å². The Balaban J connectivity index is 1.77. The first-order valence-electron chi connectivity index (χ1n) is 4.23. The summed E-state index contributed by atoms with van der Waals surface area (Å²) < 4.78 is 10.3. The molecular formula is C8H12N2O2. The van der Waals surface area contributed by atoms with E-state index in [9.17, 15) is 0 Å². The van der Waals surface area contributed by atoms with Crippen LogP contribution in [0.25, 0.3) is 0 Å². The van der Waals surface area contributed by atoms with E-state index in [0.29, 0.717) is 12.7 Å². The molecule has 2 aliphatic rings. The lowest BCUT2D eigenvalue weighted by molar-refractivity contribution is -0.00152. The molecule has 2 fully saturated rings. The number of morpholine rings is 1. The minimum Gasteiger partial charge on any atom is -0.372 e. The van der Waals surface area contributed by atoms with E-state index in [-0.39, 0.29) is 6.10 Å². The Hall–Kier alpha value is -0.630. The lowest BCUT2D eigenvalue weighted by atomic mass is 10.3. The maximum atomic E-state index is 8.63. The summed E-state index contributed by atoms with van der Waals surface area (Å²) in [6.45, 7) is 4.18. The highest BCUT2D eigenvalue weighted by Crippen LogP contribution is 2.13. The van der Waals surface area contributed by atoms with E-state index in [1.54, 1.807) is 0 Å². The molecule has 2 atom stereocenters. The van der Waals surface area contributed by atoms with Gasteiger partial charge in [-0.3, -0.25) is 4.90 Å². The van der Waals surface area contributed by atoms with Crippen molar-refractivity contribution in [3.8, 4) is 6.07 Å². The maximum absolute atomic E-state index is 8.63. The zero-order chi connectivity index (χ0) is 8.39. The van der Waals surface area contributed by atoms with E-state index in [2.05, 4.69) is 11.0 Å². The summed E-state index contributed by atoms with van der Waals surface area (Å²) in [5.74, 6) is 0. The number of hydrogen-bond acceptors (Lipinski definition) is 4. The van der Waals surface area contributed by atoms with Crippen LogP contribution in [-0.4, -0.2) is 50.0 Å². The molecule has 0 N–H and O–H groups in total. The number of rotatable bonds is 2. The SMILES string of the molecule is N#CC1CN(CC2CO2)CCO1. The first-order chi connectivity index (χ1) is 5.88. The number of nitrogens with zero attached hydrogens (tertiary/aromatic N) is 2. The van der Waals surface area contributed by atoms with Crippen LogP contribution < -0.4 is 0 Å². The lowest BCUT2D eigenvalue weighted by Crippen LogP contribution is -2.43. The summed E-state index contributed by atoms with van der Waals surface area (Å²) in [6, 6.07) is 2.12. The molecule has 2 unspecified atom stereocenters. The van der Waals surface area contributed by atoms with Gasteiger partial charge in [0.1, 0.15) is 0 Å². The summed E-state index contributed by atoms with van der Waals surface area (Å²) in [7, 11) is 0. The summed E-state index contributed by atoms with van der Waals surface area (Å²) in [5.41, 5.74) is 0. The van der Waals surface area contributed by atoms with Crippen molar-refractivity contribution in [1.29, 1.82) is 5.26 Å². The van der Waals surface area contributed by atoms with Crippen LogP contribution in [0.3, 0.4) is 0 Å². The molecule has 0 radical (unpaired) electrons. The van der Waals surface area contributed by atoms with Crippen molar-refractivity contribution in [3.63, 3.8) is 0 Å². The number of ether oxygens (including phenoxy) is 2. The van der Waals surface area contributed by atoms with Crippen LogP contribution in [-0.2, 0) is 9.47 Å². The van der Waals surface area contributed by atoms with E-state index in [1.807, 2.05) is 0 Å². The quantitative estimate of drug-likeness (QED) is 0.527. The minimum absolute atomic E-state index is 0.238. The van der Waals surface area contributed by atoms with Crippen molar-refractivity contribution in [2.45, 2.75) is 12.2 Å². The number of nitriles is 1. The van der Waals surface area contributed by atoms with Gasteiger partial charge in [-0.25, -0.2) is 0 Å². The van der Waals surface area contributed by atoms with Crippen LogP contribution in [0, 0.1) is 11.3 Å². The van der Waals surface area contributed by atoms with E-state index in [4.69, 9.17) is 14.7 Å². The van der Waals surface area contributed by atoms with Crippen LogP contribution in [0.5, 0.6) is 0 Å². The van der Waals surface area contributed by atoms with Crippen LogP contribution in [0.4, 0.5) is 0 Å². The molecule has 2 aliphatic heterocycles. The minimum atomic E-state index is -0.238. The Morgan fingerprint density at radius 3 is 3.00 bits per heavy atom. The third-order valence-electron chi connectivity index (χ3n) is 2.16. The second-order valence-corrected chi connectivity index (χ2v) is 3.20. The third kappa shape index (κ3) is 1.95. The zero-order valence-corrected chi connectivity index (χ0v) is 6.90. The molecule has 0 aliphatic carbocycles. The van der Waals surface area contributed by atoms with Crippen molar-refractivity contribution in [2.24, 2.45) is 0 Å². The molecule has 0 bridgehead atoms. The fourth-order valence-electron chi connectivity index (χ4n) is 1.41. The molecule has 0 saturated carbocycles. The van der Waals surface area contributed by atoms with Gasteiger partial charge in [0, 0.05) is 19.6 Å². The predicted octanol–water partition coefficient (Wildman–Crippen LogP) is -0.390. The van der Waals surface area contributed by atoms with Gasteiger partial charge in [-0.2, -0.15) is 5.26 Å². The molecule has 0 aromatic heterocycles. The summed E-state index contributed by atoms with van der Waals surface area (Å²) >= 11 is 0. The first-order valence-corrected chi connectivity index (χ1v) is 4.23. The fourth-order valence-corrected chi connectivity index (χ4v) is 1.41. The van der Waals surface area contributed by atoms with Crippen LogP contribution in [0.15, 0.2) is 0 Å².